The Bertz CT molecular complexity index is 1480. The minimum absolute atomic E-state index is 0.0145. The molecule has 0 fully saturated rings. The number of hydrogen-bond acceptors (Lipinski definition) is 4. The van der Waals surface area contributed by atoms with Crippen LogP contribution in [0.4, 0.5) is 26.3 Å². The molecular formula is C24H13ClF6N2O3. The summed E-state index contributed by atoms with van der Waals surface area (Å²) < 4.78 is 84.0. The Morgan fingerprint density at radius 1 is 0.944 bits per heavy atom. The second-order valence-corrected chi connectivity index (χ2v) is 8.03. The molecule has 0 aliphatic heterocycles. The van der Waals surface area contributed by atoms with E-state index in [1.807, 2.05) is 0 Å². The van der Waals surface area contributed by atoms with Gasteiger partial charge in [0.15, 0.2) is 5.52 Å². The first-order valence-corrected chi connectivity index (χ1v) is 10.5. The minimum atomic E-state index is -5.04. The summed E-state index contributed by atoms with van der Waals surface area (Å²) in [5, 5.41) is 2.87. The van der Waals surface area contributed by atoms with Gasteiger partial charge >= 0.3 is 18.0 Å². The molecule has 2 heterocycles. The molecule has 1 amide bonds. The maximum Gasteiger partial charge on any atom is 0.416 e. The van der Waals surface area contributed by atoms with Crippen LogP contribution in [0, 0.1) is 0 Å². The average molecular weight is 527 g/mol. The summed E-state index contributed by atoms with van der Waals surface area (Å²) in [6.07, 6.45) is -8.74. The molecule has 5 nitrogen and oxygen atoms in total. The monoisotopic (exact) mass is 526 g/mol. The largest absolute Gasteiger partial charge is 0.416 e. The van der Waals surface area contributed by atoms with Gasteiger partial charge in [0.1, 0.15) is 0 Å². The Morgan fingerprint density at radius 3 is 2.14 bits per heavy atom. The molecular weight excluding hydrogens is 514 g/mol. The lowest BCUT2D eigenvalue weighted by atomic mass is 9.99. The summed E-state index contributed by atoms with van der Waals surface area (Å²) in [5.41, 5.74) is -3.97. The fourth-order valence-corrected chi connectivity index (χ4v) is 3.66. The summed E-state index contributed by atoms with van der Waals surface area (Å²) in [6.45, 7) is -0.708. The zero-order valence-corrected chi connectivity index (χ0v) is 18.6. The Balaban J connectivity index is 1.76. The van der Waals surface area contributed by atoms with Crippen molar-refractivity contribution in [3.05, 3.63) is 98.7 Å². The molecule has 0 bridgehead atoms. The molecule has 0 spiro atoms. The first kappa shape index (κ1) is 25.2. The summed E-state index contributed by atoms with van der Waals surface area (Å²) in [6, 6.07) is 10.1. The number of carbonyl (C=O) groups is 1. The van der Waals surface area contributed by atoms with Gasteiger partial charge in [0, 0.05) is 28.7 Å². The molecule has 0 aliphatic carbocycles. The molecule has 2 aromatic carbocycles. The number of aromatic nitrogens is 1. The number of alkyl halides is 6. The summed E-state index contributed by atoms with van der Waals surface area (Å²) >= 11 is 5.93. The maximum absolute atomic E-state index is 13.1. The van der Waals surface area contributed by atoms with Gasteiger partial charge in [0.05, 0.1) is 11.1 Å². The van der Waals surface area contributed by atoms with Crippen LogP contribution in [0.15, 0.2) is 70.0 Å². The van der Waals surface area contributed by atoms with Crippen molar-refractivity contribution < 1.29 is 35.6 Å². The van der Waals surface area contributed by atoms with Crippen LogP contribution >= 0.6 is 11.6 Å². The molecule has 0 aliphatic rings. The SMILES string of the molecule is O=C(NCc1cc(C(F)(F)F)cc(C(F)(F)F)c1)c1oc(=O)c2ncccc2c1-c1ccc(Cl)cc1. The van der Waals surface area contributed by atoms with E-state index in [-0.39, 0.29) is 22.5 Å². The predicted octanol–water partition coefficient (Wildman–Crippen LogP) is 6.48. The van der Waals surface area contributed by atoms with Gasteiger partial charge in [-0.15, -0.1) is 0 Å². The number of nitrogens with one attached hydrogen (secondary N) is 1. The third-order valence-corrected chi connectivity index (χ3v) is 5.38. The van der Waals surface area contributed by atoms with Crippen LogP contribution in [0.2, 0.25) is 5.02 Å². The molecule has 186 valence electrons. The van der Waals surface area contributed by atoms with Crippen LogP contribution in [0.3, 0.4) is 0 Å². The highest BCUT2D eigenvalue weighted by atomic mass is 35.5. The van der Waals surface area contributed by atoms with Gasteiger partial charge < -0.3 is 9.73 Å². The molecule has 4 rings (SSSR count). The average Bonchev–Trinajstić information content (AvgIpc) is 2.82. The van der Waals surface area contributed by atoms with Crippen molar-refractivity contribution in [3.8, 4) is 11.1 Å². The number of benzene rings is 2. The van der Waals surface area contributed by atoms with E-state index in [9.17, 15) is 35.9 Å². The van der Waals surface area contributed by atoms with E-state index < -0.39 is 52.9 Å². The van der Waals surface area contributed by atoms with Gasteiger partial charge in [-0.1, -0.05) is 29.8 Å². The van der Waals surface area contributed by atoms with E-state index in [2.05, 4.69) is 10.3 Å². The quantitative estimate of drug-likeness (QED) is 0.309. The smallest absolute Gasteiger partial charge is 0.415 e. The summed E-state index contributed by atoms with van der Waals surface area (Å²) in [4.78, 5) is 29.4. The molecule has 0 saturated heterocycles. The summed E-state index contributed by atoms with van der Waals surface area (Å²) in [7, 11) is 0. The van der Waals surface area contributed by atoms with Crippen LogP contribution in [0.5, 0.6) is 0 Å². The molecule has 0 saturated carbocycles. The van der Waals surface area contributed by atoms with E-state index in [4.69, 9.17) is 16.0 Å². The first-order valence-electron chi connectivity index (χ1n) is 10.1. The molecule has 12 heteroatoms. The second-order valence-electron chi connectivity index (χ2n) is 7.60. The zero-order chi connectivity index (χ0) is 26.3. The van der Waals surface area contributed by atoms with Crippen molar-refractivity contribution in [2.75, 3.05) is 0 Å². The number of rotatable bonds is 4. The van der Waals surface area contributed by atoms with E-state index in [1.165, 1.54) is 30.5 Å². The van der Waals surface area contributed by atoms with E-state index in [1.54, 1.807) is 12.1 Å². The van der Waals surface area contributed by atoms with E-state index in [0.29, 0.717) is 22.7 Å². The van der Waals surface area contributed by atoms with Gasteiger partial charge in [0.25, 0.3) is 5.91 Å². The number of carbonyl (C=O) groups excluding carboxylic acids is 1. The lowest BCUT2D eigenvalue weighted by molar-refractivity contribution is -0.143. The summed E-state index contributed by atoms with van der Waals surface area (Å²) in [5.74, 6) is -1.53. The van der Waals surface area contributed by atoms with Crippen LogP contribution in [0.1, 0.15) is 27.2 Å². The molecule has 2 aromatic heterocycles. The molecule has 36 heavy (non-hydrogen) atoms. The van der Waals surface area contributed by atoms with Gasteiger partial charge in [-0.2, -0.15) is 26.3 Å². The number of amides is 1. The predicted molar refractivity (Wildman–Crippen MR) is 118 cm³/mol. The lowest BCUT2D eigenvalue weighted by Crippen LogP contribution is -2.25. The highest BCUT2D eigenvalue weighted by Crippen LogP contribution is 2.36. The number of nitrogens with zero attached hydrogens (tertiary/aromatic N) is 1. The normalized spacial score (nSPS) is 12.1. The first-order chi connectivity index (χ1) is 16.8. The van der Waals surface area contributed by atoms with Gasteiger partial charge in [-0.05, 0) is 47.5 Å². The van der Waals surface area contributed by atoms with Crippen LogP contribution < -0.4 is 10.9 Å². The molecule has 0 unspecified atom stereocenters. The van der Waals surface area contributed by atoms with E-state index in [0.717, 1.165) is 0 Å². The van der Waals surface area contributed by atoms with Gasteiger partial charge in [0.2, 0.25) is 5.76 Å². The van der Waals surface area contributed by atoms with Gasteiger partial charge in [-0.3, -0.25) is 4.79 Å². The Labute approximate surface area is 203 Å². The number of pyridine rings is 1. The maximum atomic E-state index is 13.1. The topological polar surface area (TPSA) is 72.2 Å². The number of halogens is 7. The lowest BCUT2D eigenvalue weighted by Gasteiger charge is -2.15. The van der Waals surface area contributed by atoms with Crippen molar-refractivity contribution in [1.29, 1.82) is 0 Å². The second kappa shape index (κ2) is 9.30. The third kappa shape index (κ3) is 5.20. The third-order valence-electron chi connectivity index (χ3n) is 5.13. The molecule has 0 atom stereocenters. The highest BCUT2D eigenvalue weighted by Gasteiger charge is 2.37. The van der Waals surface area contributed by atoms with Crippen molar-refractivity contribution in [2.45, 2.75) is 18.9 Å². The molecule has 0 radical (unpaired) electrons. The minimum Gasteiger partial charge on any atom is -0.415 e. The van der Waals surface area contributed by atoms with Crippen molar-refractivity contribution in [1.82, 2.24) is 10.3 Å². The Hall–Kier alpha value is -3.86. The standard InChI is InChI=1S/C24H13ClF6N2O3/c25-16-5-3-13(4-6-16)18-17-2-1-7-32-19(17)22(35)36-20(18)21(34)33-11-12-8-14(23(26,27)28)10-15(9-12)24(29,30)31/h1-10H,11H2,(H,33,34). The fourth-order valence-electron chi connectivity index (χ4n) is 3.53. The van der Waals surface area contributed by atoms with Crippen LogP contribution in [0.25, 0.3) is 22.0 Å². The fraction of sp³-hybridized carbons (Fsp3) is 0.125. The van der Waals surface area contributed by atoms with Crippen LogP contribution in [-0.2, 0) is 18.9 Å². The Morgan fingerprint density at radius 2 is 1.56 bits per heavy atom. The molecule has 4 aromatic rings. The van der Waals surface area contributed by atoms with Crippen molar-refractivity contribution in [2.24, 2.45) is 0 Å². The zero-order valence-electron chi connectivity index (χ0n) is 17.8. The number of hydrogen-bond donors (Lipinski definition) is 1. The van der Waals surface area contributed by atoms with Crippen molar-refractivity contribution >= 4 is 28.4 Å². The highest BCUT2D eigenvalue weighted by molar-refractivity contribution is 6.30. The van der Waals surface area contributed by atoms with Crippen molar-refractivity contribution in [3.63, 3.8) is 0 Å². The molecule has 1 N–H and O–H groups in total. The van der Waals surface area contributed by atoms with Gasteiger partial charge in [-0.25, -0.2) is 9.78 Å². The van der Waals surface area contributed by atoms with Crippen LogP contribution in [-0.4, -0.2) is 10.9 Å². The number of fused-ring (bicyclic) bond motifs is 1. The van der Waals surface area contributed by atoms with E-state index >= 15 is 0 Å². The Kier molecular flexibility index (Phi) is 6.52.